The molecule has 182 valence electrons. The molecule has 2 heterocycles. The second-order valence-electron chi connectivity index (χ2n) is 8.26. The van der Waals surface area contributed by atoms with Crippen molar-refractivity contribution in [3.05, 3.63) is 108 Å². The van der Waals surface area contributed by atoms with E-state index in [1.165, 1.54) is 11.3 Å². The molecule has 0 aliphatic carbocycles. The summed E-state index contributed by atoms with van der Waals surface area (Å²) in [6.45, 7) is 3.72. The molecule has 1 atom stereocenters. The van der Waals surface area contributed by atoms with Crippen molar-refractivity contribution in [3.63, 3.8) is 0 Å². The number of fused-ring (bicyclic) bond motifs is 2. The maximum atomic E-state index is 13.9. The van der Waals surface area contributed by atoms with Gasteiger partial charge < -0.3 is 9.47 Å². The van der Waals surface area contributed by atoms with E-state index in [9.17, 15) is 9.59 Å². The molecule has 0 amide bonds. The van der Waals surface area contributed by atoms with Crippen molar-refractivity contribution in [1.29, 1.82) is 0 Å². The number of ether oxygens (including phenoxy) is 2. The van der Waals surface area contributed by atoms with Crippen LogP contribution in [0.1, 0.15) is 31.0 Å². The average molecular weight is 519 g/mol. The number of nitrogens with zero attached hydrogens (tertiary/aromatic N) is 2. The van der Waals surface area contributed by atoms with Crippen LogP contribution in [0.5, 0.6) is 5.75 Å². The van der Waals surface area contributed by atoms with Gasteiger partial charge in [-0.3, -0.25) is 9.36 Å². The zero-order valence-corrected chi connectivity index (χ0v) is 21.5. The molecule has 3 aromatic carbocycles. The number of thiazole rings is 1. The lowest BCUT2D eigenvalue weighted by Gasteiger charge is -2.27. The van der Waals surface area contributed by atoms with Crippen LogP contribution in [0, 0.1) is 0 Å². The summed E-state index contributed by atoms with van der Waals surface area (Å²) in [5, 5.41) is 2.42. The zero-order valence-electron chi connectivity index (χ0n) is 19.9. The Bertz CT molecular complexity index is 1720. The fourth-order valence-corrected chi connectivity index (χ4v) is 5.79. The Labute approximate surface area is 216 Å². The van der Waals surface area contributed by atoms with E-state index in [0.717, 1.165) is 16.3 Å². The van der Waals surface area contributed by atoms with E-state index < -0.39 is 12.0 Å². The largest absolute Gasteiger partial charge is 0.496 e. The fraction of sp³-hybridized carbons (Fsp3) is 0.179. The predicted octanol–water partition coefficient (Wildman–Crippen LogP) is 4.61. The topological polar surface area (TPSA) is 69.9 Å². The lowest BCUT2D eigenvalue weighted by molar-refractivity contribution is -0.139. The lowest BCUT2D eigenvalue weighted by atomic mass is 9.90. The van der Waals surface area contributed by atoms with Crippen LogP contribution in [0.3, 0.4) is 0 Å². The molecular weight excluding hydrogens is 496 g/mol. The van der Waals surface area contributed by atoms with Crippen LogP contribution in [-0.2, 0) is 9.53 Å². The molecule has 0 unspecified atom stereocenters. The molecule has 4 aromatic rings. The van der Waals surface area contributed by atoms with E-state index in [1.807, 2.05) is 48.5 Å². The minimum atomic E-state index is -0.775. The summed E-state index contributed by atoms with van der Waals surface area (Å²) in [6.07, 6.45) is 1.79. The first-order chi connectivity index (χ1) is 17.4. The van der Waals surface area contributed by atoms with E-state index in [0.29, 0.717) is 36.9 Å². The number of aromatic nitrogens is 1. The second kappa shape index (κ2) is 9.76. The number of halogens is 1. The normalized spacial score (nSPS) is 15.6. The number of benzene rings is 3. The summed E-state index contributed by atoms with van der Waals surface area (Å²) in [4.78, 5) is 32.3. The van der Waals surface area contributed by atoms with Crippen molar-refractivity contribution in [1.82, 2.24) is 4.57 Å². The number of esters is 1. The number of rotatable bonds is 5. The first-order valence-corrected chi connectivity index (χ1v) is 12.6. The Hall–Kier alpha value is -3.68. The molecular formula is C28H23ClN2O4S. The summed E-state index contributed by atoms with van der Waals surface area (Å²) in [7, 11) is 1.58. The minimum Gasteiger partial charge on any atom is -0.496 e. The van der Waals surface area contributed by atoms with Crippen LogP contribution in [0.15, 0.2) is 81.7 Å². The van der Waals surface area contributed by atoms with Crippen LogP contribution in [-0.4, -0.2) is 24.3 Å². The highest BCUT2D eigenvalue weighted by atomic mass is 35.5. The van der Waals surface area contributed by atoms with Crippen LogP contribution in [0.25, 0.3) is 16.8 Å². The van der Waals surface area contributed by atoms with Gasteiger partial charge in [0.25, 0.3) is 5.56 Å². The number of carbonyl (C=O) groups excluding carboxylic acids is 1. The lowest BCUT2D eigenvalue weighted by Crippen LogP contribution is -2.40. The van der Waals surface area contributed by atoms with Gasteiger partial charge in [-0.1, -0.05) is 65.4 Å². The molecule has 1 aliphatic rings. The van der Waals surface area contributed by atoms with Crippen molar-refractivity contribution in [2.24, 2.45) is 4.99 Å². The van der Waals surface area contributed by atoms with Gasteiger partial charge in [0, 0.05) is 10.6 Å². The van der Waals surface area contributed by atoms with Gasteiger partial charge in [-0.25, -0.2) is 9.79 Å². The van der Waals surface area contributed by atoms with Gasteiger partial charge in [-0.05, 0) is 54.5 Å². The monoisotopic (exact) mass is 518 g/mol. The third-order valence-electron chi connectivity index (χ3n) is 6.09. The molecule has 1 aliphatic heterocycles. The Morgan fingerprint density at radius 3 is 2.72 bits per heavy atom. The number of carbonyl (C=O) groups is 1. The molecule has 6 nitrogen and oxygen atoms in total. The summed E-state index contributed by atoms with van der Waals surface area (Å²) in [6, 6.07) is 18.2. The Balaban J connectivity index is 1.86. The van der Waals surface area contributed by atoms with E-state index in [1.54, 1.807) is 43.7 Å². The van der Waals surface area contributed by atoms with E-state index in [4.69, 9.17) is 21.1 Å². The standard InChI is InChI=1S/C28H23ClN2O4S/c1-4-35-27(33)23-16(2)30-28-31(26(32)22(36-28)15-17-8-7-10-19(29)14-17)25(23)24-20-11-6-5-9-18(20)12-13-21(24)34-3/h5-15,25H,4H2,1-3H3/b22-15+/t25-/m1/s1. The molecule has 0 saturated carbocycles. The van der Waals surface area contributed by atoms with Crippen molar-refractivity contribution in [2.45, 2.75) is 19.9 Å². The maximum absolute atomic E-state index is 13.9. The Morgan fingerprint density at radius 1 is 1.17 bits per heavy atom. The molecule has 8 heteroatoms. The molecule has 36 heavy (non-hydrogen) atoms. The van der Waals surface area contributed by atoms with Crippen molar-refractivity contribution >= 4 is 45.8 Å². The van der Waals surface area contributed by atoms with Gasteiger partial charge in [0.1, 0.15) is 11.8 Å². The third-order valence-corrected chi connectivity index (χ3v) is 7.31. The predicted molar refractivity (Wildman–Crippen MR) is 142 cm³/mol. The summed E-state index contributed by atoms with van der Waals surface area (Å²) >= 11 is 7.43. The number of hydrogen-bond donors (Lipinski definition) is 0. The number of hydrogen-bond acceptors (Lipinski definition) is 6. The minimum absolute atomic E-state index is 0.203. The van der Waals surface area contributed by atoms with Gasteiger partial charge >= 0.3 is 5.97 Å². The Morgan fingerprint density at radius 2 is 1.97 bits per heavy atom. The van der Waals surface area contributed by atoms with Crippen molar-refractivity contribution in [2.75, 3.05) is 13.7 Å². The summed E-state index contributed by atoms with van der Waals surface area (Å²) in [5.74, 6) is 0.0578. The summed E-state index contributed by atoms with van der Waals surface area (Å²) < 4.78 is 13.2. The molecule has 0 fully saturated rings. The van der Waals surface area contributed by atoms with E-state index in [-0.39, 0.29) is 12.2 Å². The fourth-order valence-electron chi connectivity index (χ4n) is 4.55. The molecule has 0 N–H and O–H groups in total. The van der Waals surface area contributed by atoms with Crippen LogP contribution in [0.2, 0.25) is 5.02 Å². The molecule has 0 saturated heterocycles. The third kappa shape index (κ3) is 4.14. The van der Waals surface area contributed by atoms with Gasteiger partial charge in [-0.15, -0.1) is 0 Å². The molecule has 0 radical (unpaired) electrons. The molecule has 0 spiro atoms. The molecule has 5 rings (SSSR count). The van der Waals surface area contributed by atoms with Gasteiger partial charge in [0.05, 0.1) is 29.5 Å². The quantitative estimate of drug-likeness (QED) is 0.362. The molecule has 0 bridgehead atoms. The van der Waals surface area contributed by atoms with Gasteiger partial charge in [0.2, 0.25) is 0 Å². The highest BCUT2D eigenvalue weighted by Crippen LogP contribution is 2.40. The van der Waals surface area contributed by atoms with Crippen LogP contribution >= 0.6 is 22.9 Å². The summed E-state index contributed by atoms with van der Waals surface area (Å²) in [5.41, 5.74) is 2.07. The number of methoxy groups -OCH3 is 1. The zero-order chi connectivity index (χ0) is 25.4. The first kappa shape index (κ1) is 24.0. The van der Waals surface area contributed by atoms with E-state index >= 15 is 0 Å². The average Bonchev–Trinajstić information content (AvgIpc) is 3.16. The highest BCUT2D eigenvalue weighted by molar-refractivity contribution is 7.07. The van der Waals surface area contributed by atoms with Gasteiger partial charge in [-0.2, -0.15) is 0 Å². The van der Waals surface area contributed by atoms with Crippen LogP contribution in [0.4, 0.5) is 0 Å². The Kier molecular flexibility index (Phi) is 6.51. The van der Waals surface area contributed by atoms with E-state index in [2.05, 4.69) is 4.99 Å². The van der Waals surface area contributed by atoms with Crippen LogP contribution < -0.4 is 19.6 Å². The van der Waals surface area contributed by atoms with Crippen molar-refractivity contribution in [3.8, 4) is 5.75 Å². The second-order valence-corrected chi connectivity index (χ2v) is 9.71. The maximum Gasteiger partial charge on any atom is 0.338 e. The first-order valence-electron chi connectivity index (χ1n) is 11.4. The highest BCUT2D eigenvalue weighted by Gasteiger charge is 2.36. The van der Waals surface area contributed by atoms with Crippen molar-refractivity contribution < 1.29 is 14.3 Å². The molecule has 1 aromatic heterocycles. The SMILES string of the molecule is CCOC(=O)C1=C(C)N=c2s/c(=C/c3cccc(Cl)c3)c(=O)n2[C@H]1c1c(OC)ccc2ccccc12. The smallest absolute Gasteiger partial charge is 0.338 e. The van der Waals surface area contributed by atoms with Gasteiger partial charge in [0.15, 0.2) is 4.80 Å². The number of allylic oxidation sites excluding steroid dienone is 1.